The smallest absolute Gasteiger partial charge is 0.341 e. The molecule has 1 N–H and O–H groups in total. The minimum absolute atomic E-state index is 0.0181. The summed E-state index contributed by atoms with van der Waals surface area (Å²) in [6, 6.07) is 1.13. The summed E-state index contributed by atoms with van der Waals surface area (Å²) >= 11 is 0. The molecule has 130 valence electrons. The van der Waals surface area contributed by atoms with Gasteiger partial charge in [0.2, 0.25) is 0 Å². The topological polar surface area (TPSA) is 88.9 Å². The quantitative estimate of drug-likeness (QED) is 0.678. The van der Waals surface area contributed by atoms with E-state index in [4.69, 9.17) is 4.42 Å². The first kappa shape index (κ1) is 16.5. The molecular weight excluding hydrogens is 312 g/mol. The Morgan fingerprint density at radius 1 is 1.29 bits per heavy atom. The monoisotopic (exact) mass is 334 g/mol. The molecule has 0 aromatic carbocycles. The number of amides is 3. The number of rotatable bonds is 3. The number of hydrogen-bond donors (Lipinski definition) is 1. The molecule has 7 heteroatoms. The molecule has 1 aromatic heterocycles. The van der Waals surface area contributed by atoms with Gasteiger partial charge in [0.05, 0.1) is 13.7 Å². The Hall–Kier alpha value is -2.31. The van der Waals surface area contributed by atoms with E-state index in [1.807, 2.05) is 0 Å². The van der Waals surface area contributed by atoms with E-state index < -0.39 is 17.5 Å². The number of imide groups is 1. The highest BCUT2D eigenvalue weighted by Gasteiger charge is 2.50. The third-order valence-corrected chi connectivity index (χ3v) is 4.89. The molecule has 1 aliphatic heterocycles. The van der Waals surface area contributed by atoms with Crippen molar-refractivity contribution in [3.63, 3.8) is 0 Å². The number of urea groups is 1. The van der Waals surface area contributed by atoms with Crippen LogP contribution in [0.4, 0.5) is 4.79 Å². The predicted octanol–water partition coefficient (Wildman–Crippen LogP) is 2.52. The second kappa shape index (κ2) is 6.30. The van der Waals surface area contributed by atoms with Crippen LogP contribution in [-0.2, 0) is 16.1 Å². The highest BCUT2D eigenvalue weighted by atomic mass is 16.5. The summed E-state index contributed by atoms with van der Waals surface area (Å²) in [5, 5.41) is 2.89. The first-order chi connectivity index (χ1) is 11.5. The van der Waals surface area contributed by atoms with Crippen molar-refractivity contribution < 1.29 is 23.5 Å². The van der Waals surface area contributed by atoms with Crippen LogP contribution < -0.4 is 5.32 Å². The van der Waals surface area contributed by atoms with Crippen molar-refractivity contribution in [3.8, 4) is 0 Å². The van der Waals surface area contributed by atoms with E-state index in [1.54, 1.807) is 6.92 Å². The first-order valence-electron chi connectivity index (χ1n) is 8.28. The van der Waals surface area contributed by atoms with Crippen LogP contribution in [0.1, 0.15) is 60.4 Å². The largest absolute Gasteiger partial charge is 0.465 e. The van der Waals surface area contributed by atoms with Gasteiger partial charge in [-0.05, 0) is 25.8 Å². The van der Waals surface area contributed by atoms with Crippen molar-refractivity contribution in [2.45, 2.75) is 57.5 Å². The zero-order valence-electron chi connectivity index (χ0n) is 14.0. The molecule has 2 aliphatic rings. The molecule has 1 spiro atoms. The number of esters is 1. The van der Waals surface area contributed by atoms with Crippen LogP contribution in [-0.4, -0.2) is 35.5 Å². The number of nitrogens with zero attached hydrogens (tertiary/aromatic N) is 1. The van der Waals surface area contributed by atoms with E-state index in [0.717, 1.165) is 25.7 Å². The molecular formula is C17H22N2O5. The van der Waals surface area contributed by atoms with Crippen LogP contribution >= 0.6 is 0 Å². The Morgan fingerprint density at radius 2 is 1.96 bits per heavy atom. The molecule has 1 aromatic rings. The van der Waals surface area contributed by atoms with Gasteiger partial charge in [-0.25, -0.2) is 9.59 Å². The molecule has 1 aliphatic carbocycles. The second-order valence-corrected chi connectivity index (χ2v) is 6.49. The SMILES string of the molecule is COC(=O)c1cc(CN2C(=O)NC3(CCCCCC3)C2=O)oc1C. The van der Waals surface area contributed by atoms with Gasteiger partial charge in [0.25, 0.3) is 5.91 Å². The number of furan rings is 1. The fourth-order valence-electron chi connectivity index (χ4n) is 3.58. The lowest BCUT2D eigenvalue weighted by atomic mass is 9.90. The van der Waals surface area contributed by atoms with Crippen LogP contribution in [0.2, 0.25) is 0 Å². The van der Waals surface area contributed by atoms with Gasteiger partial charge in [0, 0.05) is 0 Å². The van der Waals surface area contributed by atoms with Crippen molar-refractivity contribution in [3.05, 3.63) is 23.2 Å². The van der Waals surface area contributed by atoms with E-state index in [2.05, 4.69) is 10.1 Å². The molecule has 0 bridgehead atoms. The number of ether oxygens (including phenoxy) is 1. The molecule has 1 saturated carbocycles. The maximum atomic E-state index is 12.8. The summed E-state index contributed by atoms with van der Waals surface area (Å²) in [5.41, 5.74) is -0.454. The van der Waals surface area contributed by atoms with Crippen molar-refractivity contribution >= 4 is 17.9 Å². The van der Waals surface area contributed by atoms with E-state index in [9.17, 15) is 14.4 Å². The molecule has 3 rings (SSSR count). The fourth-order valence-corrected chi connectivity index (χ4v) is 3.58. The molecule has 0 atom stereocenters. The number of hydrogen-bond acceptors (Lipinski definition) is 5. The van der Waals surface area contributed by atoms with Gasteiger partial charge in [-0.2, -0.15) is 0 Å². The van der Waals surface area contributed by atoms with E-state index in [1.165, 1.54) is 18.1 Å². The van der Waals surface area contributed by atoms with Crippen molar-refractivity contribution in [1.29, 1.82) is 0 Å². The Kier molecular flexibility index (Phi) is 4.34. The van der Waals surface area contributed by atoms with Gasteiger partial charge < -0.3 is 14.5 Å². The van der Waals surface area contributed by atoms with Gasteiger partial charge in [-0.3, -0.25) is 9.69 Å². The van der Waals surface area contributed by atoms with Crippen LogP contribution in [0, 0.1) is 6.92 Å². The van der Waals surface area contributed by atoms with Crippen LogP contribution in [0.25, 0.3) is 0 Å². The van der Waals surface area contributed by atoms with Crippen LogP contribution in [0.3, 0.4) is 0 Å². The molecule has 1 saturated heterocycles. The highest BCUT2D eigenvalue weighted by Crippen LogP contribution is 2.33. The number of aryl methyl sites for hydroxylation is 1. The summed E-state index contributed by atoms with van der Waals surface area (Å²) < 4.78 is 10.2. The summed E-state index contributed by atoms with van der Waals surface area (Å²) in [6.07, 6.45) is 5.41. The standard InChI is InChI=1S/C17H22N2O5/c1-11-13(14(20)23-2)9-12(24-11)10-19-15(21)17(18-16(19)22)7-5-3-4-6-8-17/h9H,3-8,10H2,1-2H3,(H,18,22). The van der Waals surface area contributed by atoms with Crippen LogP contribution in [0.5, 0.6) is 0 Å². The Balaban J connectivity index is 1.79. The second-order valence-electron chi connectivity index (χ2n) is 6.49. The lowest BCUT2D eigenvalue weighted by molar-refractivity contribution is -0.132. The van der Waals surface area contributed by atoms with Gasteiger partial charge in [0.15, 0.2) is 0 Å². The maximum Gasteiger partial charge on any atom is 0.341 e. The van der Waals surface area contributed by atoms with Crippen molar-refractivity contribution in [1.82, 2.24) is 10.2 Å². The average Bonchev–Trinajstić information content (AvgIpc) is 2.90. The lowest BCUT2D eigenvalue weighted by Crippen LogP contribution is -2.46. The van der Waals surface area contributed by atoms with E-state index >= 15 is 0 Å². The molecule has 3 amide bonds. The van der Waals surface area contributed by atoms with Crippen molar-refractivity contribution in [2.24, 2.45) is 0 Å². The zero-order chi connectivity index (χ0) is 17.3. The molecule has 24 heavy (non-hydrogen) atoms. The fraction of sp³-hybridized carbons (Fsp3) is 0.588. The normalized spacial score (nSPS) is 20.2. The number of methoxy groups -OCH3 is 1. The number of carbonyl (C=O) groups excluding carboxylic acids is 3. The first-order valence-corrected chi connectivity index (χ1v) is 8.28. The minimum atomic E-state index is -0.763. The van der Waals surface area contributed by atoms with Crippen LogP contribution in [0.15, 0.2) is 10.5 Å². The molecule has 0 radical (unpaired) electrons. The van der Waals surface area contributed by atoms with Crippen molar-refractivity contribution in [2.75, 3.05) is 7.11 Å². The summed E-state index contributed by atoms with van der Waals surface area (Å²) in [5.74, 6) is 0.109. The molecule has 7 nitrogen and oxygen atoms in total. The Labute approximate surface area is 140 Å². The summed E-state index contributed by atoms with van der Waals surface area (Å²) in [6.45, 7) is 1.67. The number of carbonyl (C=O) groups is 3. The third-order valence-electron chi connectivity index (χ3n) is 4.89. The van der Waals surface area contributed by atoms with Gasteiger partial charge >= 0.3 is 12.0 Å². The van der Waals surface area contributed by atoms with E-state index in [0.29, 0.717) is 29.9 Å². The number of nitrogens with one attached hydrogen (secondary N) is 1. The average molecular weight is 334 g/mol. The zero-order valence-corrected chi connectivity index (χ0v) is 14.0. The van der Waals surface area contributed by atoms with E-state index in [-0.39, 0.29) is 12.5 Å². The summed E-state index contributed by atoms with van der Waals surface area (Å²) in [4.78, 5) is 38.0. The van der Waals surface area contributed by atoms with Gasteiger partial charge in [-0.15, -0.1) is 0 Å². The predicted molar refractivity (Wildman–Crippen MR) is 84.3 cm³/mol. The van der Waals surface area contributed by atoms with Gasteiger partial charge in [-0.1, -0.05) is 25.7 Å². The van der Waals surface area contributed by atoms with Gasteiger partial charge in [0.1, 0.15) is 22.6 Å². The highest BCUT2D eigenvalue weighted by molar-refractivity contribution is 6.07. The molecule has 0 unspecified atom stereocenters. The maximum absolute atomic E-state index is 12.8. The lowest BCUT2D eigenvalue weighted by Gasteiger charge is -2.24. The third kappa shape index (κ3) is 2.79. The Bertz CT molecular complexity index is 671. The molecule has 2 fully saturated rings. The molecule has 2 heterocycles. The minimum Gasteiger partial charge on any atom is -0.465 e. The Morgan fingerprint density at radius 3 is 2.58 bits per heavy atom. The summed E-state index contributed by atoms with van der Waals surface area (Å²) in [7, 11) is 1.29.